The van der Waals surface area contributed by atoms with Crippen molar-refractivity contribution in [3.63, 3.8) is 0 Å². The molecule has 2 aliphatic rings. The quantitative estimate of drug-likeness (QED) is 0.238. The van der Waals surface area contributed by atoms with Gasteiger partial charge in [-0.25, -0.2) is 0 Å². The molecule has 2 unspecified atom stereocenters. The van der Waals surface area contributed by atoms with E-state index in [1.165, 1.54) is 57.4 Å². The average Bonchev–Trinajstić information content (AvgIpc) is 3.46. The van der Waals surface area contributed by atoms with Crippen molar-refractivity contribution in [3.8, 4) is 11.1 Å². The first kappa shape index (κ1) is 25.5. The Kier molecular flexibility index (Phi) is 6.99. The van der Waals surface area contributed by atoms with Crippen LogP contribution in [0.3, 0.4) is 0 Å². The molecule has 0 radical (unpaired) electrons. The Morgan fingerprint density at radius 1 is 0.886 bits per heavy atom. The molecule has 2 aliphatic carbocycles. The fraction of sp³-hybridized carbons (Fsp3) is 0.290. The van der Waals surface area contributed by atoms with Gasteiger partial charge in [0, 0.05) is 0 Å². The number of hydrogen-bond donors (Lipinski definition) is 0. The average molecular weight is 598 g/mol. The molecule has 3 aromatic rings. The van der Waals surface area contributed by atoms with Crippen molar-refractivity contribution in [2.75, 3.05) is 0 Å². The fourth-order valence-corrected chi connectivity index (χ4v) is 35.8. The Labute approximate surface area is 219 Å². The normalized spacial score (nSPS) is 19.9. The second-order valence-corrected chi connectivity index (χ2v) is 53.4. The van der Waals surface area contributed by atoms with Gasteiger partial charge in [0.1, 0.15) is 0 Å². The Morgan fingerprint density at radius 3 is 2.31 bits per heavy atom. The SMILES string of the molecule is CCCCC1=Cc2c(-c3ccc(C)cc3)cccc2[CH]1[Zr]([Cl])([Cl])([CH]1C=Cc2ccccc21)[SiH](C)C. The Bertz CT molecular complexity index is 1320. The van der Waals surface area contributed by atoms with Gasteiger partial charge in [0.05, 0.1) is 0 Å². The van der Waals surface area contributed by atoms with Gasteiger partial charge in [-0.05, 0) is 0 Å². The number of aryl methyl sites for hydroxylation is 1. The zero-order valence-electron chi connectivity index (χ0n) is 21.2. The molecule has 4 heteroatoms. The first-order chi connectivity index (χ1) is 16.7. The third kappa shape index (κ3) is 4.14. The molecule has 0 N–H and O–H groups in total. The van der Waals surface area contributed by atoms with Crippen LogP contribution in [0.15, 0.2) is 78.4 Å². The van der Waals surface area contributed by atoms with Gasteiger partial charge in [-0.3, -0.25) is 0 Å². The van der Waals surface area contributed by atoms with Crippen molar-refractivity contribution in [2.45, 2.75) is 53.5 Å². The summed E-state index contributed by atoms with van der Waals surface area (Å²) < 4.78 is 0.353. The first-order valence-corrected chi connectivity index (χ1v) is 29.3. The molecule has 0 amide bonds. The fourth-order valence-electron chi connectivity index (χ4n) is 6.30. The molecule has 0 nitrogen and oxygen atoms in total. The Morgan fingerprint density at radius 2 is 1.60 bits per heavy atom. The molecule has 35 heavy (non-hydrogen) atoms. The van der Waals surface area contributed by atoms with Gasteiger partial charge in [-0.1, -0.05) is 0 Å². The second kappa shape index (κ2) is 9.60. The number of benzene rings is 3. The van der Waals surface area contributed by atoms with Crippen molar-refractivity contribution in [1.29, 1.82) is 0 Å². The number of rotatable bonds is 7. The molecule has 2 atom stereocenters. The molecular formula is C31H35Cl2SiZr. The van der Waals surface area contributed by atoms with E-state index in [1.807, 2.05) is 0 Å². The molecular weight excluding hydrogens is 563 g/mol. The van der Waals surface area contributed by atoms with Crippen LogP contribution in [0.4, 0.5) is 0 Å². The van der Waals surface area contributed by atoms with Crippen molar-refractivity contribution in [1.82, 2.24) is 0 Å². The monoisotopic (exact) mass is 595 g/mol. The van der Waals surface area contributed by atoms with E-state index in [0.717, 1.165) is 6.42 Å². The molecule has 0 saturated carbocycles. The summed E-state index contributed by atoms with van der Waals surface area (Å²) in [6.45, 7) is 9.25. The third-order valence-electron chi connectivity index (χ3n) is 8.38. The summed E-state index contributed by atoms with van der Waals surface area (Å²) in [7, 11) is 16.5. The van der Waals surface area contributed by atoms with Gasteiger partial charge in [-0.15, -0.1) is 0 Å². The topological polar surface area (TPSA) is 0 Å². The molecule has 0 bridgehead atoms. The number of hydrogen-bond acceptors (Lipinski definition) is 0. The summed E-state index contributed by atoms with van der Waals surface area (Å²) in [6, 6.07) is 24.5. The Balaban J connectivity index is 1.73. The van der Waals surface area contributed by atoms with Crippen LogP contribution in [0.5, 0.6) is 0 Å². The van der Waals surface area contributed by atoms with E-state index in [4.69, 9.17) is 17.0 Å². The Hall–Kier alpha value is -1.18. The van der Waals surface area contributed by atoms with Crippen LogP contribution in [0.1, 0.15) is 61.3 Å². The number of fused-ring (bicyclic) bond motifs is 2. The van der Waals surface area contributed by atoms with E-state index in [9.17, 15) is 0 Å². The third-order valence-corrected chi connectivity index (χ3v) is 60.4. The second-order valence-electron chi connectivity index (χ2n) is 10.8. The summed E-state index contributed by atoms with van der Waals surface area (Å²) in [6.07, 6.45) is 10.5. The molecule has 0 heterocycles. The van der Waals surface area contributed by atoms with Crippen LogP contribution in [-0.4, -0.2) is 5.92 Å². The molecule has 0 fully saturated rings. The van der Waals surface area contributed by atoms with E-state index in [1.54, 1.807) is 0 Å². The van der Waals surface area contributed by atoms with Gasteiger partial charge < -0.3 is 0 Å². The first-order valence-electron chi connectivity index (χ1n) is 13.0. The van der Waals surface area contributed by atoms with Crippen LogP contribution >= 0.6 is 17.0 Å². The maximum atomic E-state index is 8.24. The molecule has 0 spiro atoms. The maximum absolute atomic E-state index is 8.24. The van der Waals surface area contributed by atoms with Crippen LogP contribution in [0.2, 0.25) is 13.1 Å². The molecule has 0 saturated heterocycles. The van der Waals surface area contributed by atoms with Crippen molar-refractivity contribution in [3.05, 3.63) is 106 Å². The van der Waals surface area contributed by atoms with Crippen LogP contribution in [-0.2, 0) is 15.6 Å². The summed E-state index contributed by atoms with van der Waals surface area (Å²) in [4.78, 5) is 0. The predicted molar refractivity (Wildman–Crippen MR) is 156 cm³/mol. The van der Waals surface area contributed by atoms with Gasteiger partial charge in [0.2, 0.25) is 0 Å². The van der Waals surface area contributed by atoms with Gasteiger partial charge in [-0.2, -0.15) is 0 Å². The zero-order valence-corrected chi connectivity index (χ0v) is 26.3. The van der Waals surface area contributed by atoms with Crippen molar-refractivity contribution in [2.24, 2.45) is 0 Å². The molecule has 0 aromatic heterocycles. The van der Waals surface area contributed by atoms with E-state index < -0.39 is 21.5 Å². The minimum absolute atomic E-state index is 0.173. The van der Waals surface area contributed by atoms with Crippen LogP contribution in [0.25, 0.3) is 23.3 Å². The number of unbranched alkanes of at least 4 members (excludes halogenated alkanes) is 1. The van der Waals surface area contributed by atoms with Crippen molar-refractivity contribution < 1.29 is 15.6 Å². The molecule has 181 valence electrons. The van der Waals surface area contributed by atoms with Gasteiger partial charge in [0.25, 0.3) is 0 Å². The van der Waals surface area contributed by atoms with E-state index in [0.29, 0.717) is 0 Å². The van der Waals surface area contributed by atoms with Crippen LogP contribution < -0.4 is 0 Å². The minimum atomic E-state index is -4.49. The molecule has 0 aliphatic heterocycles. The van der Waals surface area contributed by atoms with E-state index in [-0.39, 0.29) is 7.25 Å². The summed E-state index contributed by atoms with van der Waals surface area (Å²) in [5.41, 5.74) is 10.7. The molecule has 3 aromatic carbocycles. The van der Waals surface area contributed by atoms with Crippen molar-refractivity contribution >= 4 is 35.1 Å². The predicted octanol–water partition coefficient (Wildman–Crippen LogP) is 10.0. The summed E-state index contributed by atoms with van der Waals surface area (Å²) >= 11 is -4.49. The van der Waals surface area contributed by atoms with Crippen LogP contribution in [0, 0.1) is 6.92 Å². The molecule has 5 rings (SSSR count). The number of halogens is 2. The number of allylic oxidation sites excluding steroid dienone is 2. The summed E-state index contributed by atoms with van der Waals surface area (Å²) in [5, 5.41) is 0. The van der Waals surface area contributed by atoms with Gasteiger partial charge in [0.15, 0.2) is 0 Å². The van der Waals surface area contributed by atoms with E-state index in [2.05, 4.69) is 112 Å². The van der Waals surface area contributed by atoms with E-state index >= 15 is 0 Å². The standard InChI is InChI=1S/C20H21.C9H7.C2H7Si.2ClH.Zr/c1-3-4-6-16-13-18-7-5-8-19(20(18)14-16)17-11-9-15(2)10-12-17;1-2-5-9-7-3-6-8(9)4-1;1-3-2;;;/h5,7-14H,3-4,6H2,1-2H3;1-7H;3H,1-2H3;2*1H;/q;;;;;+2/p-2. The zero-order chi connectivity index (χ0) is 24.8. The van der Waals surface area contributed by atoms with Gasteiger partial charge >= 0.3 is 221 Å². The summed E-state index contributed by atoms with van der Waals surface area (Å²) in [5.74, 6) is -1.46.